The Morgan fingerprint density at radius 1 is 0.952 bits per heavy atom. The fraction of sp³-hybridized carbons (Fsp3) is 0.294. The van der Waals surface area contributed by atoms with Crippen molar-refractivity contribution >= 4 is 11.4 Å². The first-order valence-corrected chi connectivity index (χ1v) is 7.26. The summed E-state index contributed by atoms with van der Waals surface area (Å²) in [6.07, 6.45) is 2.45. The zero-order chi connectivity index (χ0) is 14.7. The monoisotopic (exact) mass is 288 g/mol. The molecule has 1 saturated heterocycles. The van der Waals surface area contributed by atoms with Crippen LogP contribution in [0.25, 0.3) is 0 Å². The Balaban J connectivity index is 1.74. The molecule has 0 aliphatic carbocycles. The van der Waals surface area contributed by atoms with E-state index in [0.717, 1.165) is 19.2 Å². The molecule has 0 spiro atoms. The molecule has 1 aliphatic rings. The molecular formula is C17H18F2N2. The Morgan fingerprint density at radius 2 is 1.71 bits per heavy atom. The molecule has 0 aromatic heterocycles. The lowest BCUT2D eigenvalue weighted by Gasteiger charge is -2.21. The van der Waals surface area contributed by atoms with Crippen molar-refractivity contribution in [2.75, 3.05) is 23.3 Å². The van der Waals surface area contributed by atoms with Crippen molar-refractivity contribution in [2.24, 2.45) is 0 Å². The van der Waals surface area contributed by atoms with Gasteiger partial charge in [0.2, 0.25) is 0 Å². The highest BCUT2D eigenvalue weighted by Crippen LogP contribution is 2.25. The zero-order valence-corrected chi connectivity index (χ0v) is 11.8. The van der Waals surface area contributed by atoms with Crippen LogP contribution in [0, 0.1) is 11.6 Å². The fourth-order valence-electron chi connectivity index (χ4n) is 2.73. The minimum absolute atomic E-state index is 0.588. The minimum Gasteiger partial charge on any atom is -0.381 e. The van der Waals surface area contributed by atoms with Crippen LogP contribution in [0.4, 0.5) is 20.2 Å². The summed E-state index contributed by atoms with van der Waals surface area (Å²) in [6.45, 7) is 2.77. The third-order valence-corrected chi connectivity index (χ3v) is 3.84. The van der Waals surface area contributed by atoms with Gasteiger partial charge < -0.3 is 10.2 Å². The van der Waals surface area contributed by atoms with Crippen molar-refractivity contribution in [3.05, 3.63) is 59.7 Å². The van der Waals surface area contributed by atoms with E-state index >= 15 is 0 Å². The molecule has 1 aliphatic heterocycles. The average molecular weight is 288 g/mol. The van der Waals surface area contributed by atoms with E-state index in [9.17, 15) is 8.78 Å². The second-order valence-electron chi connectivity index (χ2n) is 5.31. The molecule has 2 aromatic carbocycles. The average Bonchev–Trinajstić information content (AvgIpc) is 3.03. The van der Waals surface area contributed by atoms with Gasteiger partial charge in [-0.05, 0) is 36.6 Å². The Kier molecular flexibility index (Phi) is 4.04. The maximum absolute atomic E-state index is 13.2. The van der Waals surface area contributed by atoms with Crippen LogP contribution in [-0.2, 0) is 6.54 Å². The van der Waals surface area contributed by atoms with Crippen LogP contribution in [0.2, 0.25) is 0 Å². The molecule has 21 heavy (non-hydrogen) atoms. The summed E-state index contributed by atoms with van der Waals surface area (Å²) in [6, 6.07) is 12.1. The third kappa shape index (κ3) is 3.15. The van der Waals surface area contributed by atoms with E-state index in [0.29, 0.717) is 12.2 Å². The predicted octanol–water partition coefficient (Wildman–Crippen LogP) is 4.18. The van der Waals surface area contributed by atoms with Crippen molar-refractivity contribution in [1.82, 2.24) is 0 Å². The molecule has 1 N–H and O–H groups in total. The second-order valence-corrected chi connectivity index (χ2v) is 5.31. The molecule has 1 fully saturated rings. The molecule has 110 valence electrons. The first kappa shape index (κ1) is 13.9. The number of nitrogens with zero attached hydrogens (tertiary/aromatic N) is 1. The zero-order valence-electron chi connectivity index (χ0n) is 11.8. The van der Waals surface area contributed by atoms with Crippen molar-refractivity contribution < 1.29 is 8.78 Å². The fourth-order valence-corrected chi connectivity index (χ4v) is 2.73. The largest absolute Gasteiger partial charge is 0.381 e. The van der Waals surface area contributed by atoms with Crippen molar-refractivity contribution in [2.45, 2.75) is 19.4 Å². The topological polar surface area (TPSA) is 15.3 Å². The van der Waals surface area contributed by atoms with Gasteiger partial charge in [-0.3, -0.25) is 0 Å². The molecule has 4 heteroatoms. The molecular weight excluding hydrogens is 270 g/mol. The van der Waals surface area contributed by atoms with E-state index in [1.165, 1.54) is 30.2 Å². The van der Waals surface area contributed by atoms with Crippen LogP contribution in [0.1, 0.15) is 18.4 Å². The van der Waals surface area contributed by atoms with E-state index in [4.69, 9.17) is 0 Å². The standard InChI is InChI=1S/C17H18F2N2/c18-15-8-7-14(11-16(15)19)20-12-13-5-1-2-6-17(13)21-9-3-4-10-21/h1-2,5-8,11,20H,3-4,9-10,12H2. The number of para-hydroxylation sites is 1. The van der Waals surface area contributed by atoms with E-state index in [1.807, 2.05) is 12.1 Å². The number of nitrogens with one attached hydrogen (secondary N) is 1. The number of hydrogen-bond acceptors (Lipinski definition) is 2. The number of anilines is 2. The lowest BCUT2D eigenvalue weighted by atomic mass is 10.1. The molecule has 1 heterocycles. The van der Waals surface area contributed by atoms with Crippen LogP contribution in [-0.4, -0.2) is 13.1 Å². The molecule has 0 saturated carbocycles. The third-order valence-electron chi connectivity index (χ3n) is 3.84. The Hall–Kier alpha value is -2.10. The Morgan fingerprint density at radius 3 is 2.48 bits per heavy atom. The van der Waals surface area contributed by atoms with Crippen LogP contribution in [0.3, 0.4) is 0 Å². The van der Waals surface area contributed by atoms with E-state index in [-0.39, 0.29) is 0 Å². The lowest BCUT2D eigenvalue weighted by molar-refractivity contribution is 0.509. The van der Waals surface area contributed by atoms with Crippen LogP contribution >= 0.6 is 0 Å². The quantitative estimate of drug-likeness (QED) is 0.908. The highest BCUT2D eigenvalue weighted by Gasteiger charge is 2.15. The van der Waals surface area contributed by atoms with E-state index in [1.54, 1.807) is 6.07 Å². The summed E-state index contributed by atoms with van der Waals surface area (Å²) in [5.41, 5.74) is 2.99. The molecule has 0 radical (unpaired) electrons. The van der Waals surface area contributed by atoms with Gasteiger partial charge in [-0.2, -0.15) is 0 Å². The van der Waals surface area contributed by atoms with Crippen LogP contribution in [0.5, 0.6) is 0 Å². The lowest BCUT2D eigenvalue weighted by Crippen LogP contribution is -2.19. The van der Waals surface area contributed by atoms with Gasteiger partial charge in [0.05, 0.1) is 0 Å². The smallest absolute Gasteiger partial charge is 0.160 e. The maximum atomic E-state index is 13.2. The maximum Gasteiger partial charge on any atom is 0.160 e. The second kappa shape index (κ2) is 6.12. The SMILES string of the molecule is Fc1ccc(NCc2ccccc2N2CCCC2)cc1F. The van der Waals surface area contributed by atoms with Crippen molar-refractivity contribution in [3.8, 4) is 0 Å². The summed E-state index contributed by atoms with van der Waals surface area (Å²) in [7, 11) is 0. The Labute approximate surface area is 123 Å². The number of halogens is 2. The van der Waals surface area contributed by atoms with E-state index < -0.39 is 11.6 Å². The summed E-state index contributed by atoms with van der Waals surface area (Å²) >= 11 is 0. The summed E-state index contributed by atoms with van der Waals surface area (Å²) in [4.78, 5) is 2.38. The summed E-state index contributed by atoms with van der Waals surface area (Å²) < 4.78 is 26.1. The molecule has 0 amide bonds. The van der Waals surface area contributed by atoms with Gasteiger partial charge in [0, 0.05) is 37.1 Å². The molecule has 3 rings (SSSR count). The molecule has 2 aromatic rings. The van der Waals surface area contributed by atoms with Gasteiger partial charge >= 0.3 is 0 Å². The summed E-state index contributed by atoms with van der Waals surface area (Å²) in [5.74, 6) is -1.65. The molecule has 0 unspecified atom stereocenters. The number of benzene rings is 2. The van der Waals surface area contributed by atoms with Gasteiger partial charge in [-0.25, -0.2) is 8.78 Å². The van der Waals surface area contributed by atoms with Crippen molar-refractivity contribution in [3.63, 3.8) is 0 Å². The first-order chi connectivity index (χ1) is 10.2. The van der Waals surface area contributed by atoms with Gasteiger partial charge in [-0.1, -0.05) is 18.2 Å². The van der Waals surface area contributed by atoms with E-state index in [2.05, 4.69) is 22.3 Å². The number of hydrogen-bond donors (Lipinski definition) is 1. The van der Waals surface area contributed by atoms with Crippen LogP contribution in [0.15, 0.2) is 42.5 Å². The minimum atomic E-state index is -0.826. The Bertz CT molecular complexity index is 622. The molecule has 0 bridgehead atoms. The summed E-state index contributed by atoms with van der Waals surface area (Å²) in [5, 5.41) is 3.16. The van der Waals surface area contributed by atoms with Gasteiger partial charge in [0.1, 0.15) is 0 Å². The van der Waals surface area contributed by atoms with Gasteiger partial charge in [-0.15, -0.1) is 0 Å². The highest BCUT2D eigenvalue weighted by atomic mass is 19.2. The molecule has 0 atom stereocenters. The van der Waals surface area contributed by atoms with Crippen LogP contribution < -0.4 is 10.2 Å². The normalized spacial score (nSPS) is 14.5. The first-order valence-electron chi connectivity index (χ1n) is 7.26. The predicted molar refractivity (Wildman–Crippen MR) is 81.6 cm³/mol. The highest BCUT2D eigenvalue weighted by molar-refractivity contribution is 5.56. The molecule has 2 nitrogen and oxygen atoms in total. The van der Waals surface area contributed by atoms with Crippen molar-refractivity contribution in [1.29, 1.82) is 0 Å². The number of rotatable bonds is 4. The van der Waals surface area contributed by atoms with Gasteiger partial charge in [0.25, 0.3) is 0 Å². The van der Waals surface area contributed by atoms with Gasteiger partial charge in [0.15, 0.2) is 11.6 Å².